The summed E-state index contributed by atoms with van der Waals surface area (Å²) in [4.78, 5) is 12.3. The van der Waals surface area contributed by atoms with Gasteiger partial charge in [-0.15, -0.1) is 0 Å². The predicted molar refractivity (Wildman–Crippen MR) is 90.7 cm³/mol. The summed E-state index contributed by atoms with van der Waals surface area (Å²) in [6, 6.07) is 11.7. The zero-order valence-corrected chi connectivity index (χ0v) is 14.4. The molecule has 0 unspecified atom stereocenters. The van der Waals surface area contributed by atoms with Crippen molar-refractivity contribution in [2.24, 2.45) is 0 Å². The molecule has 1 N–H and O–H groups in total. The number of rotatable bonds is 2. The maximum atomic E-state index is 12.3. The molecule has 4 heteroatoms. The number of carbonyl (C=O) groups excluding carboxylic acids is 1. The van der Waals surface area contributed by atoms with E-state index < -0.39 is 0 Å². The first kappa shape index (κ1) is 14.5. The Labute approximate surface area is 134 Å². The Hall–Kier alpha value is -0.880. The van der Waals surface area contributed by atoms with Crippen molar-refractivity contribution in [1.82, 2.24) is 0 Å². The molecule has 2 rings (SSSR count). The highest BCUT2D eigenvalue weighted by atomic mass is 127. The van der Waals surface area contributed by atoms with E-state index in [0.29, 0.717) is 5.56 Å². The number of carbonyl (C=O) groups is 1. The lowest BCUT2D eigenvalue weighted by atomic mass is 10.1. The minimum absolute atomic E-state index is 0.0805. The number of hydrogen-bond acceptors (Lipinski definition) is 1. The fourth-order valence-electron chi connectivity index (χ4n) is 1.80. The van der Waals surface area contributed by atoms with Crippen LogP contribution in [0.1, 0.15) is 21.5 Å². The van der Waals surface area contributed by atoms with Crippen molar-refractivity contribution < 1.29 is 4.79 Å². The van der Waals surface area contributed by atoms with Gasteiger partial charge in [-0.3, -0.25) is 4.79 Å². The average Bonchev–Trinajstić information content (AvgIpc) is 2.35. The van der Waals surface area contributed by atoms with Gasteiger partial charge in [-0.2, -0.15) is 0 Å². The molecule has 0 radical (unpaired) electrons. The predicted octanol–water partition coefficient (Wildman–Crippen LogP) is 4.92. The molecular formula is C15H13BrINO. The lowest BCUT2D eigenvalue weighted by Gasteiger charge is -2.10. The Bertz CT molecular complexity index is 640. The fraction of sp³-hybridized carbons (Fsp3) is 0.133. The molecule has 19 heavy (non-hydrogen) atoms. The van der Waals surface area contributed by atoms with Crippen molar-refractivity contribution in [1.29, 1.82) is 0 Å². The van der Waals surface area contributed by atoms with Gasteiger partial charge in [0.05, 0.1) is 0 Å². The Kier molecular flexibility index (Phi) is 4.62. The summed E-state index contributed by atoms with van der Waals surface area (Å²) in [6.45, 7) is 3.92. The van der Waals surface area contributed by atoms with Crippen LogP contribution in [0.4, 0.5) is 5.69 Å². The molecule has 0 aliphatic carbocycles. The molecule has 2 aromatic rings. The van der Waals surface area contributed by atoms with Gasteiger partial charge in [0.1, 0.15) is 0 Å². The second-order valence-electron chi connectivity index (χ2n) is 4.37. The number of hydrogen-bond donors (Lipinski definition) is 1. The van der Waals surface area contributed by atoms with E-state index in [-0.39, 0.29) is 5.91 Å². The maximum Gasteiger partial charge on any atom is 0.255 e. The highest BCUT2D eigenvalue weighted by Gasteiger charge is 2.11. The normalized spacial score (nSPS) is 10.3. The van der Waals surface area contributed by atoms with Gasteiger partial charge in [-0.05, 0) is 77.9 Å². The maximum absolute atomic E-state index is 12.3. The summed E-state index contributed by atoms with van der Waals surface area (Å²) < 4.78 is 2.06. The zero-order chi connectivity index (χ0) is 14.0. The quantitative estimate of drug-likeness (QED) is 0.674. The smallest absolute Gasteiger partial charge is 0.255 e. The van der Waals surface area contributed by atoms with Gasteiger partial charge in [-0.1, -0.05) is 22.0 Å². The van der Waals surface area contributed by atoms with Crippen molar-refractivity contribution in [3.8, 4) is 0 Å². The Balaban J connectivity index is 2.28. The third kappa shape index (κ3) is 3.57. The van der Waals surface area contributed by atoms with Crippen LogP contribution in [0.5, 0.6) is 0 Å². The summed E-state index contributed by atoms with van der Waals surface area (Å²) in [5.74, 6) is -0.0805. The molecule has 0 aromatic heterocycles. The summed E-state index contributed by atoms with van der Waals surface area (Å²) in [6.07, 6.45) is 0. The van der Waals surface area contributed by atoms with Crippen LogP contribution in [-0.2, 0) is 0 Å². The molecule has 0 saturated carbocycles. The number of aryl methyl sites for hydroxylation is 2. The van der Waals surface area contributed by atoms with Crippen LogP contribution in [0.2, 0.25) is 0 Å². The topological polar surface area (TPSA) is 29.1 Å². The summed E-state index contributed by atoms with van der Waals surface area (Å²) >= 11 is 5.65. The second-order valence-corrected chi connectivity index (χ2v) is 6.53. The van der Waals surface area contributed by atoms with E-state index in [4.69, 9.17) is 0 Å². The SMILES string of the molecule is Cc1cc(I)ccc1NC(=O)c1cc(Br)ccc1C. The minimum Gasteiger partial charge on any atom is -0.322 e. The molecule has 0 aliphatic rings. The minimum atomic E-state index is -0.0805. The molecule has 2 aromatic carbocycles. The van der Waals surface area contributed by atoms with Crippen molar-refractivity contribution in [2.45, 2.75) is 13.8 Å². The second kappa shape index (κ2) is 6.05. The number of anilines is 1. The lowest BCUT2D eigenvalue weighted by Crippen LogP contribution is -2.14. The molecule has 0 fully saturated rings. The van der Waals surface area contributed by atoms with E-state index in [1.165, 1.54) is 0 Å². The van der Waals surface area contributed by atoms with E-state index in [2.05, 4.69) is 43.8 Å². The summed E-state index contributed by atoms with van der Waals surface area (Å²) in [5, 5.41) is 2.96. The standard InChI is InChI=1S/C15H13BrINO/c1-9-3-4-11(16)8-13(9)15(19)18-14-6-5-12(17)7-10(14)2/h3-8H,1-2H3,(H,18,19). The van der Waals surface area contributed by atoms with Gasteiger partial charge in [0.15, 0.2) is 0 Å². The monoisotopic (exact) mass is 429 g/mol. The Morgan fingerprint density at radius 2 is 1.84 bits per heavy atom. The van der Waals surface area contributed by atoms with Gasteiger partial charge in [0, 0.05) is 19.3 Å². The third-order valence-corrected chi connectivity index (χ3v) is 4.05. The molecule has 0 bridgehead atoms. The van der Waals surface area contributed by atoms with Crippen LogP contribution in [0.3, 0.4) is 0 Å². The molecule has 0 atom stereocenters. The van der Waals surface area contributed by atoms with E-state index in [1.54, 1.807) is 0 Å². The van der Waals surface area contributed by atoms with Crippen LogP contribution in [0, 0.1) is 17.4 Å². The molecule has 98 valence electrons. The number of amides is 1. The average molecular weight is 430 g/mol. The van der Waals surface area contributed by atoms with Gasteiger partial charge in [-0.25, -0.2) is 0 Å². The first-order valence-electron chi connectivity index (χ1n) is 5.81. The lowest BCUT2D eigenvalue weighted by molar-refractivity contribution is 0.102. The van der Waals surface area contributed by atoms with Crippen LogP contribution in [-0.4, -0.2) is 5.91 Å². The number of nitrogens with one attached hydrogen (secondary N) is 1. The summed E-state index contributed by atoms with van der Waals surface area (Å²) in [7, 11) is 0. The zero-order valence-electron chi connectivity index (χ0n) is 10.6. The number of halogens is 2. The largest absolute Gasteiger partial charge is 0.322 e. The molecule has 0 spiro atoms. The van der Waals surface area contributed by atoms with Gasteiger partial charge >= 0.3 is 0 Å². The molecule has 0 saturated heterocycles. The van der Waals surface area contributed by atoms with E-state index in [0.717, 1.165) is 24.9 Å². The van der Waals surface area contributed by atoms with Gasteiger partial charge in [0.25, 0.3) is 5.91 Å². The van der Waals surface area contributed by atoms with Crippen LogP contribution in [0.25, 0.3) is 0 Å². The first-order chi connectivity index (χ1) is 8.97. The highest BCUT2D eigenvalue weighted by molar-refractivity contribution is 14.1. The van der Waals surface area contributed by atoms with Crippen molar-refractivity contribution in [2.75, 3.05) is 5.32 Å². The van der Waals surface area contributed by atoms with Gasteiger partial charge in [0.2, 0.25) is 0 Å². The Morgan fingerprint density at radius 3 is 2.53 bits per heavy atom. The molecule has 1 amide bonds. The molecule has 2 nitrogen and oxygen atoms in total. The van der Waals surface area contributed by atoms with Crippen molar-refractivity contribution in [3.05, 3.63) is 61.1 Å². The molecule has 0 heterocycles. The van der Waals surface area contributed by atoms with Crippen LogP contribution < -0.4 is 5.32 Å². The summed E-state index contributed by atoms with van der Waals surface area (Å²) in [5.41, 5.74) is 3.56. The molecule has 0 aliphatic heterocycles. The van der Waals surface area contributed by atoms with E-state index in [9.17, 15) is 4.79 Å². The molecular weight excluding hydrogens is 417 g/mol. The van der Waals surface area contributed by atoms with Crippen molar-refractivity contribution in [3.63, 3.8) is 0 Å². The first-order valence-corrected chi connectivity index (χ1v) is 7.68. The number of benzene rings is 2. The van der Waals surface area contributed by atoms with E-state index in [1.807, 2.05) is 50.2 Å². The Morgan fingerprint density at radius 1 is 1.11 bits per heavy atom. The highest BCUT2D eigenvalue weighted by Crippen LogP contribution is 2.21. The van der Waals surface area contributed by atoms with Gasteiger partial charge < -0.3 is 5.32 Å². The third-order valence-electron chi connectivity index (χ3n) is 2.88. The van der Waals surface area contributed by atoms with E-state index >= 15 is 0 Å². The van der Waals surface area contributed by atoms with Crippen molar-refractivity contribution >= 4 is 50.1 Å². The van der Waals surface area contributed by atoms with Crippen LogP contribution in [0.15, 0.2) is 40.9 Å². The van der Waals surface area contributed by atoms with Crippen LogP contribution >= 0.6 is 38.5 Å². The fourth-order valence-corrected chi connectivity index (χ4v) is 2.80.